The molecule has 1 unspecified atom stereocenters. The van der Waals surface area contributed by atoms with Crippen LogP contribution < -0.4 is 4.74 Å². The van der Waals surface area contributed by atoms with Crippen LogP contribution in [0.15, 0.2) is 24.3 Å². The first-order valence-electron chi connectivity index (χ1n) is 5.73. The summed E-state index contributed by atoms with van der Waals surface area (Å²) in [5.41, 5.74) is 1.20. The molecule has 0 bridgehead atoms. The van der Waals surface area contributed by atoms with Crippen LogP contribution >= 0.6 is 0 Å². The third-order valence-electron chi connectivity index (χ3n) is 2.35. The summed E-state index contributed by atoms with van der Waals surface area (Å²) in [5.74, 6) is 0.828. The highest BCUT2D eigenvalue weighted by atomic mass is 16.5. The second kappa shape index (κ2) is 7.25. The molecule has 0 heterocycles. The van der Waals surface area contributed by atoms with Crippen LogP contribution in [0.25, 0.3) is 0 Å². The van der Waals surface area contributed by atoms with E-state index < -0.39 is 0 Å². The minimum Gasteiger partial charge on any atom is -0.494 e. The van der Waals surface area contributed by atoms with Gasteiger partial charge in [0.15, 0.2) is 0 Å². The Kier molecular flexibility index (Phi) is 5.90. The van der Waals surface area contributed by atoms with Gasteiger partial charge in [-0.25, -0.2) is 0 Å². The molecule has 1 aromatic rings. The molecule has 90 valence electrons. The number of aliphatic hydroxyl groups excluding tert-OH is 2. The lowest BCUT2D eigenvalue weighted by molar-refractivity contribution is 0.185. The summed E-state index contributed by atoms with van der Waals surface area (Å²) in [6.07, 6.45) is 2.07. The van der Waals surface area contributed by atoms with E-state index in [0.717, 1.165) is 18.6 Å². The fourth-order valence-corrected chi connectivity index (χ4v) is 1.38. The van der Waals surface area contributed by atoms with E-state index in [0.29, 0.717) is 13.0 Å². The molecule has 0 aromatic heterocycles. The maximum absolute atomic E-state index is 9.16. The zero-order valence-corrected chi connectivity index (χ0v) is 9.72. The van der Waals surface area contributed by atoms with Crippen LogP contribution in [0, 0.1) is 0 Å². The molecule has 0 saturated heterocycles. The summed E-state index contributed by atoms with van der Waals surface area (Å²) in [6, 6.07) is 7.87. The van der Waals surface area contributed by atoms with Crippen molar-refractivity contribution in [2.24, 2.45) is 0 Å². The van der Waals surface area contributed by atoms with Crippen molar-refractivity contribution in [2.45, 2.75) is 32.3 Å². The van der Waals surface area contributed by atoms with Crippen molar-refractivity contribution >= 4 is 0 Å². The van der Waals surface area contributed by atoms with Gasteiger partial charge in [0.05, 0.1) is 12.7 Å². The van der Waals surface area contributed by atoms with E-state index in [4.69, 9.17) is 14.9 Å². The molecule has 0 radical (unpaired) electrons. The average molecular weight is 224 g/mol. The summed E-state index contributed by atoms with van der Waals surface area (Å²) in [5, 5.41) is 17.8. The standard InChI is InChI=1S/C13H20O3/c1-11(15)3-4-12-5-7-13(8-6-12)16-10-2-9-14/h5-8,11,14-15H,2-4,9-10H2,1H3. The van der Waals surface area contributed by atoms with Crippen molar-refractivity contribution in [1.82, 2.24) is 0 Å². The lowest BCUT2D eigenvalue weighted by atomic mass is 10.1. The summed E-state index contributed by atoms with van der Waals surface area (Å²) in [4.78, 5) is 0. The highest BCUT2D eigenvalue weighted by Gasteiger charge is 1.99. The van der Waals surface area contributed by atoms with Gasteiger partial charge in [0.2, 0.25) is 0 Å². The van der Waals surface area contributed by atoms with Crippen molar-refractivity contribution in [1.29, 1.82) is 0 Å². The largest absolute Gasteiger partial charge is 0.494 e. The molecular formula is C13H20O3. The Morgan fingerprint density at radius 2 is 1.94 bits per heavy atom. The maximum atomic E-state index is 9.16. The van der Waals surface area contributed by atoms with Gasteiger partial charge in [-0.05, 0) is 37.5 Å². The summed E-state index contributed by atoms with van der Waals surface area (Å²) in [6.45, 7) is 2.50. The summed E-state index contributed by atoms with van der Waals surface area (Å²) >= 11 is 0. The number of aryl methyl sites for hydroxylation is 1. The molecule has 0 aliphatic carbocycles. The van der Waals surface area contributed by atoms with E-state index in [2.05, 4.69) is 0 Å². The molecule has 0 saturated carbocycles. The molecule has 16 heavy (non-hydrogen) atoms. The molecule has 0 aliphatic heterocycles. The molecule has 0 amide bonds. The van der Waals surface area contributed by atoms with Gasteiger partial charge in [-0.15, -0.1) is 0 Å². The molecule has 3 nitrogen and oxygen atoms in total. The summed E-state index contributed by atoms with van der Waals surface area (Å²) in [7, 11) is 0. The molecule has 0 spiro atoms. The van der Waals surface area contributed by atoms with Crippen molar-refractivity contribution in [2.75, 3.05) is 13.2 Å². The van der Waals surface area contributed by atoms with Crippen LogP contribution in [0.4, 0.5) is 0 Å². The minimum absolute atomic E-state index is 0.159. The van der Waals surface area contributed by atoms with E-state index in [1.54, 1.807) is 6.92 Å². The fourth-order valence-electron chi connectivity index (χ4n) is 1.38. The molecule has 1 aromatic carbocycles. The molecular weight excluding hydrogens is 204 g/mol. The first kappa shape index (κ1) is 13.0. The molecule has 0 fully saturated rings. The SMILES string of the molecule is CC(O)CCc1ccc(OCCCO)cc1. The monoisotopic (exact) mass is 224 g/mol. The topological polar surface area (TPSA) is 49.7 Å². The van der Waals surface area contributed by atoms with Crippen molar-refractivity contribution < 1.29 is 14.9 Å². The molecule has 3 heteroatoms. The number of rotatable bonds is 7. The van der Waals surface area contributed by atoms with Gasteiger partial charge in [0, 0.05) is 13.0 Å². The van der Waals surface area contributed by atoms with Crippen molar-refractivity contribution in [3.8, 4) is 5.75 Å². The van der Waals surface area contributed by atoms with Gasteiger partial charge in [-0.3, -0.25) is 0 Å². The molecule has 0 aliphatic rings. The van der Waals surface area contributed by atoms with Gasteiger partial charge in [-0.2, -0.15) is 0 Å². The predicted molar refractivity (Wildman–Crippen MR) is 63.6 cm³/mol. The lowest BCUT2D eigenvalue weighted by Crippen LogP contribution is -2.02. The fraction of sp³-hybridized carbons (Fsp3) is 0.538. The zero-order chi connectivity index (χ0) is 11.8. The van der Waals surface area contributed by atoms with E-state index in [1.165, 1.54) is 5.56 Å². The molecule has 1 rings (SSSR count). The quantitative estimate of drug-likeness (QED) is 0.694. The Hall–Kier alpha value is -1.06. The van der Waals surface area contributed by atoms with Crippen LogP contribution in [-0.4, -0.2) is 29.5 Å². The van der Waals surface area contributed by atoms with E-state index in [9.17, 15) is 0 Å². The Balaban J connectivity index is 2.35. The Morgan fingerprint density at radius 3 is 2.50 bits per heavy atom. The minimum atomic E-state index is -0.250. The predicted octanol–water partition coefficient (Wildman–Crippen LogP) is 1.76. The Labute approximate surface area is 96.7 Å². The number of aliphatic hydroxyl groups is 2. The smallest absolute Gasteiger partial charge is 0.119 e. The molecule has 2 N–H and O–H groups in total. The van der Waals surface area contributed by atoms with Gasteiger partial charge >= 0.3 is 0 Å². The van der Waals surface area contributed by atoms with Crippen molar-refractivity contribution in [3.05, 3.63) is 29.8 Å². The van der Waals surface area contributed by atoms with E-state index in [1.807, 2.05) is 24.3 Å². The number of benzene rings is 1. The van der Waals surface area contributed by atoms with Crippen LogP contribution in [-0.2, 0) is 6.42 Å². The second-order valence-corrected chi connectivity index (χ2v) is 3.96. The maximum Gasteiger partial charge on any atom is 0.119 e. The van der Waals surface area contributed by atoms with Gasteiger partial charge in [0.1, 0.15) is 5.75 Å². The number of ether oxygens (including phenoxy) is 1. The zero-order valence-electron chi connectivity index (χ0n) is 9.72. The number of hydrogen-bond acceptors (Lipinski definition) is 3. The highest BCUT2D eigenvalue weighted by molar-refractivity contribution is 5.27. The lowest BCUT2D eigenvalue weighted by Gasteiger charge is -2.07. The van der Waals surface area contributed by atoms with Crippen LogP contribution in [0.2, 0.25) is 0 Å². The Morgan fingerprint density at radius 1 is 1.25 bits per heavy atom. The van der Waals surface area contributed by atoms with Gasteiger partial charge < -0.3 is 14.9 Å². The normalized spacial score (nSPS) is 12.4. The highest BCUT2D eigenvalue weighted by Crippen LogP contribution is 2.14. The summed E-state index contributed by atoms with van der Waals surface area (Å²) < 4.78 is 5.42. The van der Waals surface area contributed by atoms with E-state index >= 15 is 0 Å². The number of hydrogen-bond donors (Lipinski definition) is 2. The van der Waals surface area contributed by atoms with Crippen LogP contribution in [0.1, 0.15) is 25.3 Å². The Bertz CT molecular complexity index is 280. The van der Waals surface area contributed by atoms with Gasteiger partial charge in [-0.1, -0.05) is 12.1 Å². The van der Waals surface area contributed by atoms with Crippen LogP contribution in [0.3, 0.4) is 0 Å². The third kappa shape index (κ3) is 5.14. The first-order valence-corrected chi connectivity index (χ1v) is 5.73. The van der Waals surface area contributed by atoms with Gasteiger partial charge in [0.25, 0.3) is 0 Å². The van der Waals surface area contributed by atoms with Crippen molar-refractivity contribution in [3.63, 3.8) is 0 Å². The molecule has 1 atom stereocenters. The van der Waals surface area contributed by atoms with Crippen LogP contribution in [0.5, 0.6) is 5.75 Å². The second-order valence-electron chi connectivity index (χ2n) is 3.96. The first-order chi connectivity index (χ1) is 7.72. The van der Waals surface area contributed by atoms with E-state index in [-0.39, 0.29) is 12.7 Å². The third-order valence-corrected chi connectivity index (χ3v) is 2.35. The average Bonchev–Trinajstić information content (AvgIpc) is 2.28.